The lowest BCUT2D eigenvalue weighted by Crippen LogP contribution is -2.23. The van der Waals surface area contributed by atoms with Crippen LogP contribution in [0.1, 0.15) is 23.3 Å². The van der Waals surface area contributed by atoms with Crippen molar-refractivity contribution in [3.05, 3.63) is 45.7 Å². The molecule has 0 radical (unpaired) electrons. The van der Waals surface area contributed by atoms with Crippen LogP contribution in [0.5, 0.6) is 0 Å². The number of para-hydroxylation sites is 1. The molecule has 0 aliphatic carbocycles. The van der Waals surface area contributed by atoms with Gasteiger partial charge in [0.2, 0.25) is 11.8 Å². The Hall–Kier alpha value is -2.43. The molecule has 8 nitrogen and oxygen atoms in total. The fourth-order valence-electron chi connectivity index (χ4n) is 2.45. The van der Waals surface area contributed by atoms with Crippen LogP contribution in [0.15, 0.2) is 29.4 Å². The van der Waals surface area contributed by atoms with Crippen molar-refractivity contribution in [2.75, 3.05) is 10.6 Å². The quantitative estimate of drug-likeness (QED) is 0.515. The first-order valence-corrected chi connectivity index (χ1v) is 11.2. The fraction of sp³-hybridized carbons (Fsp3) is 0.316. The predicted molar refractivity (Wildman–Crippen MR) is 120 cm³/mol. The molecular weight excluding hydrogens is 444 g/mol. The second-order valence-electron chi connectivity index (χ2n) is 6.57. The number of benzene rings is 1. The van der Waals surface area contributed by atoms with Gasteiger partial charge in [-0.2, -0.15) is 0 Å². The third kappa shape index (κ3) is 5.38. The molecular formula is C19H21ClN6O2S2. The van der Waals surface area contributed by atoms with Crippen molar-refractivity contribution in [3.63, 3.8) is 0 Å². The lowest BCUT2D eigenvalue weighted by atomic mass is 10.3. The zero-order chi connectivity index (χ0) is 21.8. The molecule has 0 aliphatic rings. The van der Waals surface area contributed by atoms with Gasteiger partial charge in [-0.3, -0.25) is 9.59 Å². The van der Waals surface area contributed by atoms with Crippen molar-refractivity contribution in [1.82, 2.24) is 19.7 Å². The highest BCUT2D eigenvalue weighted by atomic mass is 35.5. The van der Waals surface area contributed by atoms with Crippen molar-refractivity contribution in [1.29, 1.82) is 0 Å². The molecule has 0 aliphatic heterocycles. The molecule has 2 aromatic heterocycles. The lowest BCUT2D eigenvalue weighted by Gasteiger charge is -2.10. The molecule has 1 aromatic carbocycles. The lowest BCUT2D eigenvalue weighted by molar-refractivity contribution is -0.116. The first-order valence-electron chi connectivity index (χ1n) is 9.08. The summed E-state index contributed by atoms with van der Waals surface area (Å²) in [5.41, 5.74) is 1.45. The molecule has 0 fully saturated rings. The zero-order valence-corrected chi connectivity index (χ0v) is 19.3. The maximum Gasteiger partial charge on any atom is 0.239 e. The summed E-state index contributed by atoms with van der Waals surface area (Å²) in [5, 5.41) is 15.0. The number of anilines is 2. The number of hydrogen-bond acceptors (Lipinski definition) is 7. The van der Waals surface area contributed by atoms with Gasteiger partial charge in [0.25, 0.3) is 0 Å². The number of aromatic nitrogens is 4. The first-order chi connectivity index (χ1) is 14.2. The Balaban J connectivity index is 1.59. The molecule has 3 aromatic rings. The van der Waals surface area contributed by atoms with Crippen LogP contribution in [-0.2, 0) is 23.1 Å². The summed E-state index contributed by atoms with van der Waals surface area (Å²) in [6.45, 7) is 5.65. The monoisotopic (exact) mass is 464 g/mol. The van der Waals surface area contributed by atoms with E-state index in [1.165, 1.54) is 23.1 Å². The van der Waals surface area contributed by atoms with E-state index in [4.69, 9.17) is 11.6 Å². The molecule has 0 saturated carbocycles. The van der Waals surface area contributed by atoms with E-state index < -0.39 is 5.25 Å². The van der Waals surface area contributed by atoms with E-state index in [1.54, 1.807) is 42.8 Å². The van der Waals surface area contributed by atoms with Gasteiger partial charge >= 0.3 is 0 Å². The number of nitrogens with one attached hydrogen (secondary N) is 2. The number of halogens is 1. The van der Waals surface area contributed by atoms with Crippen molar-refractivity contribution in [3.8, 4) is 0 Å². The first kappa shape index (κ1) is 22.3. The van der Waals surface area contributed by atoms with E-state index >= 15 is 0 Å². The predicted octanol–water partition coefficient (Wildman–Crippen LogP) is 3.84. The van der Waals surface area contributed by atoms with Gasteiger partial charge < -0.3 is 15.2 Å². The fourth-order valence-corrected chi connectivity index (χ4v) is 4.28. The summed E-state index contributed by atoms with van der Waals surface area (Å²) in [6.07, 6.45) is 0.0352. The largest absolute Gasteiger partial charge is 0.324 e. The zero-order valence-electron chi connectivity index (χ0n) is 16.9. The van der Waals surface area contributed by atoms with Crippen LogP contribution in [-0.4, -0.2) is 36.8 Å². The average Bonchev–Trinajstić information content (AvgIpc) is 3.19. The molecule has 158 valence electrons. The normalized spacial score (nSPS) is 11.9. The minimum absolute atomic E-state index is 0.0352. The molecule has 0 spiro atoms. The van der Waals surface area contributed by atoms with Gasteiger partial charge in [0.05, 0.1) is 28.1 Å². The summed E-state index contributed by atoms with van der Waals surface area (Å²) < 4.78 is 1.71. The van der Waals surface area contributed by atoms with Gasteiger partial charge in [-0.1, -0.05) is 35.5 Å². The molecule has 1 unspecified atom stereocenters. The molecule has 11 heteroatoms. The van der Waals surface area contributed by atoms with Crippen LogP contribution in [0.3, 0.4) is 0 Å². The van der Waals surface area contributed by atoms with Crippen LogP contribution in [0, 0.1) is 13.8 Å². The third-order valence-corrected chi connectivity index (χ3v) is 6.75. The Morgan fingerprint density at radius 3 is 2.63 bits per heavy atom. The highest BCUT2D eigenvalue weighted by Crippen LogP contribution is 2.26. The van der Waals surface area contributed by atoms with Crippen LogP contribution in [0.4, 0.5) is 10.8 Å². The summed E-state index contributed by atoms with van der Waals surface area (Å²) in [6, 6.07) is 7.01. The van der Waals surface area contributed by atoms with Gasteiger partial charge in [0, 0.05) is 11.9 Å². The van der Waals surface area contributed by atoms with Gasteiger partial charge in [-0.25, -0.2) is 4.98 Å². The Bertz CT molecular complexity index is 1060. The summed E-state index contributed by atoms with van der Waals surface area (Å²) in [7, 11) is 1.76. The molecule has 0 bridgehead atoms. The average molecular weight is 465 g/mol. The maximum absolute atomic E-state index is 12.5. The number of hydrogen-bond donors (Lipinski definition) is 2. The molecule has 0 saturated heterocycles. The topological polar surface area (TPSA) is 102 Å². The number of thiazole rings is 1. The van der Waals surface area contributed by atoms with Crippen LogP contribution >= 0.6 is 34.7 Å². The number of carbonyl (C=O) groups is 2. The summed E-state index contributed by atoms with van der Waals surface area (Å²) in [5.74, 6) is 0.0612. The van der Waals surface area contributed by atoms with E-state index in [0.717, 1.165) is 10.6 Å². The van der Waals surface area contributed by atoms with E-state index in [2.05, 4.69) is 25.8 Å². The number of nitrogens with zero attached hydrogens (tertiary/aromatic N) is 4. The highest BCUT2D eigenvalue weighted by molar-refractivity contribution is 8.00. The standard InChI is InChI=1S/C19H21ClN6O2S2/c1-10-11(2)29-18(21-10)23-17(28)12(3)30-19-25-24-15(26(19)4)9-16(27)22-14-8-6-5-7-13(14)20/h5-8,12H,9H2,1-4H3,(H,22,27)(H,21,23,28). The van der Waals surface area contributed by atoms with E-state index in [9.17, 15) is 9.59 Å². The minimum Gasteiger partial charge on any atom is -0.324 e. The maximum atomic E-state index is 12.5. The van der Waals surface area contributed by atoms with Gasteiger partial charge in [-0.15, -0.1) is 21.5 Å². The number of carbonyl (C=O) groups excluding carboxylic acids is 2. The van der Waals surface area contributed by atoms with E-state index in [-0.39, 0.29) is 18.2 Å². The van der Waals surface area contributed by atoms with E-state index in [1.807, 2.05) is 13.8 Å². The number of rotatable bonds is 7. The highest BCUT2D eigenvalue weighted by Gasteiger charge is 2.21. The van der Waals surface area contributed by atoms with Gasteiger partial charge in [0.15, 0.2) is 10.3 Å². The number of aryl methyl sites for hydroxylation is 2. The molecule has 2 heterocycles. The van der Waals surface area contributed by atoms with Crippen LogP contribution < -0.4 is 10.6 Å². The van der Waals surface area contributed by atoms with Gasteiger partial charge in [-0.05, 0) is 32.9 Å². The Kier molecular flexibility index (Phi) is 7.11. The molecule has 2 amide bonds. The molecule has 3 rings (SSSR count). The van der Waals surface area contributed by atoms with Gasteiger partial charge in [0.1, 0.15) is 5.82 Å². The Morgan fingerprint density at radius 1 is 1.23 bits per heavy atom. The molecule has 2 N–H and O–H groups in total. The van der Waals surface area contributed by atoms with Crippen molar-refractivity contribution >= 4 is 57.3 Å². The van der Waals surface area contributed by atoms with Crippen molar-refractivity contribution in [2.24, 2.45) is 7.05 Å². The van der Waals surface area contributed by atoms with Crippen molar-refractivity contribution in [2.45, 2.75) is 37.6 Å². The second kappa shape index (κ2) is 9.59. The summed E-state index contributed by atoms with van der Waals surface area (Å²) in [4.78, 5) is 30.2. The van der Waals surface area contributed by atoms with Crippen molar-refractivity contribution < 1.29 is 9.59 Å². The second-order valence-corrected chi connectivity index (χ2v) is 9.49. The smallest absolute Gasteiger partial charge is 0.239 e. The molecule has 1 atom stereocenters. The van der Waals surface area contributed by atoms with Crippen LogP contribution in [0.25, 0.3) is 0 Å². The third-order valence-electron chi connectivity index (χ3n) is 4.30. The molecule has 30 heavy (non-hydrogen) atoms. The minimum atomic E-state index is -0.415. The Morgan fingerprint density at radius 2 is 1.97 bits per heavy atom. The van der Waals surface area contributed by atoms with Crippen LogP contribution in [0.2, 0.25) is 5.02 Å². The van der Waals surface area contributed by atoms with E-state index in [0.29, 0.717) is 26.8 Å². The summed E-state index contributed by atoms with van der Waals surface area (Å²) >= 11 is 8.78. The SMILES string of the molecule is Cc1nc(NC(=O)C(C)Sc2nnc(CC(=O)Nc3ccccc3Cl)n2C)sc1C. The number of amides is 2. The Labute approximate surface area is 187 Å². The number of thioether (sulfide) groups is 1.